The summed E-state index contributed by atoms with van der Waals surface area (Å²) in [7, 11) is 0. The minimum Gasteiger partial charge on any atom is -0.147 e. The molecule has 0 radical (unpaired) electrons. The molecule has 0 N–H and O–H groups in total. The van der Waals surface area contributed by atoms with E-state index in [4.69, 9.17) is 0 Å². The SMILES string of the molecule is CC1(CC2=Cc3c(-c4cccc5ccccc45)cccc3[CH]2[Zr]([CH3])([CH3])(=[SiH2])[CH]2C(CC3(C)CCCCCCC3)=Cc3c(-c4cccc5ccccc45)cccc32)CCCCCCC1.Cl.Cl. The van der Waals surface area contributed by atoms with Gasteiger partial charge in [-0.2, -0.15) is 0 Å². The first kappa shape index (κ1) is 47.5. The molecule has 6 aromatic rings. The van der Waals surface area contributed by atoms with Gasteiger partial charge in [-0.3, -0.25) is 0 Å². The molecule has 6 aromatic carbocycles. The molecule has 2 atom stereocenters. The number of fused-ring (bicyclic) bond motifs is 4. The van der Waals surface area contributed by atoms with E-state index in [1.165, 1.54) is 158 Å². The molecular weight excluding hydrogens is 911 g/mol. The Bertz CT molecular complexity index is 2590. The summed E-state index contributed by atoms with van der Waals surface area (Å²) in [5.41, 5.74) is 16.2. The maximum Gasteiger partial charge on any atom is -0.147 e. The van der Waals surface area contributed by atoms with E-state index in [0.29, 0.717) is 18.1 Å². The second-order valence-electron chi connectivity index (χ2n) is 22.4. The van der Waals surface area contributed by atoms with Crippen molar-refractivity contribution >= 4 is 65.4 Å². The summed E-state index contributed by atoms with van der Waals surface area (Å²) in [6.07, 6.45) is 27.4. The van der Waals surface area contributed by atoms with E-state index < -0.39 is 17.4 Å². The molecule has 0 bridgehead atoms. The summed E-state index contributed by atoms with van der Waals surface area (Å²) < 4.78 is 6.84. The van der Waals surface area contributed by atoms with Gasteiger partial charge >= 0.3 is 379 Å². The maximum atomic E-state index is 2.93. The fourth-order valence-electron chi connectivity index (χ4n) is 13.9. The summed E-state index contributed by atoms with van der Waals surface area (Å²) >= 11 is -4.06. The molecule has 0 heterocycles. The van der Waals surface area contributed by atoms with Gasteiger partial charge in [-0.25, -0.2) is 0 Å². The molecule has 64 heavy (non-hydrogen) atoms. The second kappa shape index (κ2) is 18.9. The van der Waals surface area contributed by atoms with E-state index in [9.17, 15) is 0 Å². The summed E-state index contributed by atoms with van der Waals surface area (Å²) in [6.45, 7) is 7.95. The van der Waals surface area contributed by atoms with Crippen molar-refractivity contribution in [3.63, 3.8) is 0 Å². The van der Waals surface area contributed by atoms with Crippen molar-refractivity contribution in [2.75, 3.05) is 0 Å². The fraction of sp³-hybridized carbons (Fsp3) is 0.400. The van der Waals surface area contributed by atoms with Crippen molar-refractivity contribution in [3.8, 4) is 22.3 Å². The van der Waals surface area contributed by atoms with Crippen molar-refractivity contribution in [2.24, 2.45) is 10.8 Å². The molecule has 0 aromatic heterocycles. The largest absolute Gasteiger partial charge is 0.147 e. The molecular formula is C60H72Cl2SiZr. The summed E-state index contributed by atoms with van der Waals surface area (Å²) in [5, 5.41) is 5.40. The first-order chi connectivity index (χ1) is 30.0. The number of rotatable bonds is 8. The van der Waals surface area contributed by atoms with E-state index in [0.717, 1.165) is 0 Å². The summed E-state index contributed by atoms with van der Waals surface area (Å²) in [5.74, 6) is 0. The van der Waals surface area contributed by atoms with Crippen LogP contribution in [0, 0.1) is 10.8 Å². The molecule has 2 saturated carbocycles. The average Bonchev–Trinajstić information content (AvgIpc) is 3.82. The van der Waals surface area contributed by atoms with Crippen molar-refractivity contribution in [1.82, 2.24) is 0 Å². The van der Waals surface area contributed by atoms with Crippen LogP contribution in [-0.2, 0) is 17.4 Å². The molecule has 0 saturated heterocycles. The predicted octanol–water partition coefficient (Wildman–Crippen LogP) is 18.4. The molecule has 0 amide bonds. The van der Waals surface area contributed by atoms with Crippen LogP contribution in [0.3, 0.4) is 0 Å². The van der Waals surface area contributed by atoms with Crippen LogP contribution in [0.4, 0.5) is 0 Å². The van der Waals surface area contributed by atoms with Gasteiger partial charge in [0.05, 0.1) is 0 Å². The van der Waals surface area contributed by atoms with Gasteiger partial charge in [-0.05, 0) is 0 Å². The Morgan fingerprint density at radius 2 is 0.766 bits per heavy atom. The third-order valence-electron chi connectivity index (χ3n) is 16.7. The Kier molecular flexibility index (Phi) is 14.1. The second-order valence-corrected chi connectivity index (χ2v) is 52.9. The van der Waals surface area contributed by atoms with E-state index in [1.807, 2.05) is 0 Å². The number of benzene rings is 6. The zero-order valence-corrected chi connectivity index (χ0v) is 44.7. The number of hydrogen-bond acceptors (Lipinski definition) is 0. The van der Waals surface area contributed by atoms with Gasteiger partial charge in [0.2, 0.25) is 0 Å². The number of halogens is 2. The average molecular weight is 983 g/mol. The van der Waals surface area contributed by atoms with Gasteiger partial charge in [0.25, 0.3) is 0 Å². The summed E-state index contributed by atoms with van der Waals surface area (Å²) in [4.78, 5) is 0. The van der Waals surface area contributed by atoms with Crippen LogP contribution >= 0.6 is 24.8 Å². The Balaban J connectivity index is 0.00000280. The zero-order valence-electron chi connectivity index (χ0n) is 39.2. The topological polar surface area (TPSA) is 0 Å². The van der Waals surface area contributed by atoms with Gasteiger partial charge in [0.15, 0.2) is 0 Å². The normalized spacial score (nSPS) is 20.9. The maximum absolute atomic E-state index is 4.06. The van der Waals surface area contributed by atoms with Crippen molar-refractivity contribution in [2.45, 2.75) is 133 Å². The third-order valence-corrected chi connectivity index (χ3v) is 34.2. The first-order valence-electron chi connectivity index (χ1n) is 24.7. The molecule has 4 heteroatoms. The van der Waals surface area contributed by atoms with E-state index in [1.54, 1.807) is 22.3 Å². The molecule has 4 aliphatic carbocycles. The molecule has 4 aliphatic rings. The van der Waals surface area contributed by atoms with E-state index in [-0.39, 0.29) is 24.8 Å². The number of allylic oxidation sites excluding steroid dienone is 2. The Morgan fingerprint density at radius 1 is 0.438 bits per heavy atom. The van der Waals surface area contributed by atoms with Crippen LogP contribution in [0.15, 0.2) is 132 Å². The molecule has 0 spiro atoms. The smallest absolute Gasteiger partial charge is 0.147 e. The quantitative estimate of drug-likeness (QED) is 0.133. The van der Waals surface area contributed by atoms with Crippen LogP contribution < -0.4 is 0 Å². The van der Waals surface area contributed by atoms with Gasteiger partial charge in [-0.1, -0.05) is 0 Å². The van der Waals surface area contributed by atoms with Crippen LogP contribution in [0.5, 0.6) is 0 Å². The van der Waals surface area contributed by atoms with Gasteiger partial charge in [-0.15, -0.1) is 24.8 Å². The minimum atomic E-state index is -4.06. The molecule has 334 valence electrons. The standard InChI is InChI=1S/2C29H31.2CH3.2ClH.H2Si.Zr/c2*1-29(17-7-3-2-4-8-18-29)21-22-19-24-13-10-16-27(28(24)20-22)26-15-9-12-23-11-5-6-14-25(23)26;;;;;;/h2*5-6,9-16,19-20H,2-4,7-8,17-18,21H2,1H3;2*1H3;2*1H;1H2;. The zero-order chi connectivity index (χ0) is 42.6. The molecule has 0 aliphatic heterocycles. The van der Waals surface area contributed by atoms with Gasteiger partial charge < -0.3 is 0 Å². The minimum absolute atomic E-state index is 0. The van der Waals surface area contributed by atoms with E-state index >= 15 is 0 Å². The van der Waals surface area contributed by atoms with Crippen LogP contribution in [0.2, 0.25) is 9.26 Å². The number of hydrogen-bond donors (Lipinski definition) is 0. The Hall–Kier alpha value is -3.00. The fourth-order valence-corrected chi connectivity index (χ4v) is 33.6. The van der Waals surface area contributed by atoms with Crippen LogP contribution in [0.25, 0.3) is 56.0 Å². The van der Waals surface area contributed by atoms with E-state index in [2.05, 4.69) is 163 Å². The van der Waals surface area contributed by atoms with Crippen molar-refractivity contribution in [3.05, 3.63) is 155 Å². The molecule has 2 unspecified atom stereocenters. The Labute approximate surface area is 400 Å². The van der Waals surface area contributed by atoms with Gasteiger partial charge in [0, 0.05) is 0 Å². The Morgan fingerprint density at radius 3 is 1.17 bits per heavy atom. The predicted molar refractivity (Wildman–Crippen MR) is 285 cm³/mol. The molecule has 10 rings (SSSR count). The van der Waals surface area contributed by atoms with Crippen molar-refractivity contribution < 1.29 is 17.4 Å². The monoisotopic (exact) mass is 980 g/mol. The first-order valence-corrected chi connectivity index (χ1v) is 38.4. The van der Waals surface area contributed by atoms with Gasteiger partial charge in [0.1, 0.15) is 0 Å². The molecule has 0 nitrogen and oxygen atoms in total. The summed E-state index contributed by atoms with van der Waals surface area (Å²) in [6, 6.07) is 47.0. The van der Waals surface area contributed by atoms with Crippen molar-refractivity contribution in [1.29, 1.82) is 0 Å². The van der Waals surface area contributed by atoms with Crippen LogP contribution in [-0.4, -0.2) is 6.88 Å². The third kappa shape index (κ3) is 8.94. The van der Waals surface area contributed by atoms with Crippen LogP contribution in [0.1, 0.15) is 146 Å². The molecule has 2 fully saturated rings.